The minimum absolute atomic E-state index is 0.149. The Balaban J connectivity index is 1.36. The molecule has 0 bridgehead atoms. The van der Waals surface area contributed by atoms with Crippen molar-refractivity contribution in [2.24, 2.45) is 0 Å². The number of rotatable bonds is 8. The number of hydrogen-bond acceptors (Lipinski definition) is 9. The zero-order valence-corrected chi connectivity index (χ0v) is 29.1. The molecule has 0 saturated heterocycles. The predicted octanol–water partition coefficient (Wildman–Crippen LogP) is 7.86. The maximum atomic E-state index is 9.82. The van der Waals surface area contributed by atoms with E-state index in [0.29, 0.717) is 23.0 Å². The molecule has 9 heteroatoms. The average Bonchev–Trinajstić information content (AvgIpc) is 3.16. The molecule has 0 radical (unpaired) electrons. The van der Waals surface area contributed by atoms with Crippen molar-refractivity contribution < 1.29 is 20.4 Å². The van der Waals surface area contributed by atoms with Crippen LogP contribution in [0.5, 0.6) is 0 Å². The van der Waals surface area contributed by atoms with Gasteiger partial charge in [0.15, 0.2) is 30.1 Å². The van der Waals surface area contributed by atoms with Crippen LogP contribution in [-0.4, -0.2) is 45.3 Å². The Labute approximate surface area is 301 Å². The van der Waals surface area contributed by atoms with Crippen LogP contribution in [0.1, 0.15) is 46.0 Å². The van der Waals surface area contributed by atoms with Crippen molar-refractivity contribution in [3.05, 3.63) is 149 Å². The first-order chi connectivity index (χ1) is 25.0. The number of benzene rings is 4. The molecule has 0 aliphatic rings. The summed E-state index contributed by atoms with van der Waals surface area (Å²) in [6, 6.07) is 32.3. The molecule has 7 aromatic rings. The van der Waals surface area contributed by atoms with Crippen LogP contribution in [0, 0.1) is 27.7 Å². The Morgan fingerprint density at radius 1 is 0.404 bits per heavy atom. The van der Waals surface area contributed by atoms with Crippen LogP contribution in [-0.2, 0) is 0 Å². The van der Waals surface area contributed by atoms with Crippen LogP contribution in [0.15, 0.2) is 116 Å². The highest BCUT2D eigenvalue weighted by Gasteiger charge is 2.19. The quantitative estimate of drug-likeness (QED) is 0.117. The monoisotopic (exact) mass is 687 g/mol. The third-order valence-electron chi connectivity index (χ3n) is 9.19. The largest absolute Gasteiger partial charge is 0.364 e. The third kappa shape index (κ3) is 6.99. The first-order valence-electron chi connectivity index (χ1n) is 16.9. The van der Waals surface area contributed by atoms with Crippen LogP contribution < -0.4 is 0 Å². The molecule has 0 aliphatic heterocycles. The van der Waals surface area contributed by atoms with Crippen molar-refractivity contribution in [2.45, 2.75) is 40.3 Å². The van der Waals surface area contributed by atoms with Gasteiger partial charge in [-0.05, 0) is 128 Å². The third-order valence-corrected chi connectivity index (χ3v) is 9.19. The molecule has 0 atom stereocenters. The Morgan fingerprint density at radius 2 is 0.808 bits per heavy atom. The van der Waals surface area contributed by atoms with E-state index in [9.17, 15) is 20.4 Å². The van der Waals surface area contributed by atoms with Crippen molar-refractivity contribution in [1.29, 1.82) is 0 Å². The standard InChI is InChI=1S/C43H37N5O4/c1-24-19-35(26(3)17-33(24)37-9-5-7-15-44-37)40-46-39(29-13-11-28(12-14-29)30-21-31(42(49)50)23-32(22-30)43(51)52)47-41(48-40)36-20-25(2)34(18-27(36)4)38-10-6-8-16-45-38/h5-23,42-43,49-52H,1-4H3. The van der Waals surface area contributed by atoms with Crippen molar-refractivity contribution >= 4 is 0 Å². The number of nitrogens with zero attached hydrogens (tertiary/aromatic N) is 5. The number of aliphatic hydroxyl groups excluding tert-OH is 2. The molecule has 0 unspecified atom stereocenters. The lowest BCUT2D eigenvalue weighted by molar-refractivity contribution is -0.0474. The number of pyridine rings is 2. The zero-order valence-electron chi connectivity index (χ0n) is 29.1. The summed E-state index contributed by atoms with van der Waals surface area (Å²) in [7, 11) is 0. The fourth-order valence-corrected chi connectivity index (χ4v) is 6.41. The van der Waals surface area contributed by atoms with E-state index in [-0.39, 0.29) is 11.1 Å². The summed E-state index contributed by atoms with van der Waals surface area (Å²) < 4.78 is 0. The Bertz CT molecular complexity index is 2260. The van der Waals surface area contributed by atoms with Crippen molar-refractivity contribution in [3.8, 4) is 67.8 Å². The van der Waals surface area contributed by atoms with E-state index in [4.69, 9.17) is 15.0 Å². The van der Waals surface area contributed by atoms with E-state index >= 15 is 0 Å². The van der Waals surface area contributed by atoms with Gasteiger partial charge in [0.25, 0.3) is 0 Å². The molecule has 4 aromatic carbocycles. The van der Waals surface area contributed by atoms with Gasteiger partial charge in [-0.2, -0.15) is 0 Å². The van der Waals surface area contributed by atoms with Crippen molar-refractivity contribution in [3.63, 3.8) is 0 Å². The normalized spacial score (nSPS) is 11.4. The van der Waals surface area contributed by atoms with Gasteiger partial charge < -0.3 is 20.4 Å². The molecule has 4 N–H and O–H groups in total. The lowest BCUT2D eigenvalue weighted by atomic mass is 9.96. The molecule has 0 spiro atoms. The highest BCUT2D eigenvalue weighted by molar-refractivity contribution is 5.77. The summed E-state index contributed by atoms with van der Waals surface area (Å²) in [4.78, 5) is 24.2. The summed E-state index contributed by atoms with van der Waals surface area (Å²) >= 11 is 0. The summed E-state index contributed by atoms with van der Waals surface area (Å²) in [6.07, 6.45) is 0.0422. The van der Waals surface area contributed by atoms with Gasteiger partial charge in [-0.3, -0.25) is 9.97 Å². The lowest BCUT2D eigenvalue weighted by Crippen LogP contribution is -2.03. The molecular formula is C43H37N5O4. The van der Waals surface area contributed by atoms with Gasteiger partial charge in [-0.25, -0.2) is 15.0 Å². The first-order valence-corrected chi connectivity index (χ1v) is 16.9. The number of aryl methyl sites for hydroxylation is 4. The van der Waals surface area contributed by atoms with E-state index in [2.05, 4.69) is 48.1 Å². The molecule has 258 valence electrons. The van der Waals surface area contributed by atoms with Crippen molar-refractivity contribution in [1.82, 2.24) is 24.9 Å². The minimum atomic E-state index is -1.77. The molecule has 0 aliphatic carbocycles. The van der Waals surface area contributed by atoms with E-state index in [0.717, 1.165) is 67.0 Å². The molecule has 3 heterocycles. The van der Waals surface area contributed by atoms with Crippen LogP contribution in [0.3, 0.4) is 0 Å². The number of aliphatic hydroxyl groups is 4. The Kier molecular flexibility index (Phi) is 9.51. The predicted molar refractivity (Wildman–Crippen MR) is 201 cm³/mol. The highest BCUT2D eigenvalue weighted by Crippen LogP contribution is 2.35. The van der Waals surface area contributed by atoms with Crippen LogP contribution >= 0.6 is 0 Å². The van der Waals surface area contributed by atoms with Gasteiger partial charge in [0.2, 0.25) is 0 Å². The summed E-state index contributed by atoms with van der Waals surface area (Å²) in [5.74, 6) is 1.55. The Morgan fingerprint density at radius 3 is 1.23 bits per heavy atom. The molecule has 7 rings (SSSR count). The van der Waals surface area contributed by atoms with Gasteiger partial charge in [0.1, 0.15) is 0 Å². The van der Waals surface area contributed by atoms with E-state index in [1.807, 2.05) is 74.5 Å². The summed E-state index contributed by atoms with van der Waals surface area (Å²) in [5, 5.41) is 39.3. The van der Waals surface area contributed by atoms with E-state index in [1.54, 1.807) is 24.5 Å². The maximum Gasteiger partial charge on any atom is 0.178 e. The second kappa shape index (κ2) is 14.3. The molecule has 9 nitrogen and oxygen atoms in total. The van der Waals surface area contributed by atoms with Gasteiger partial charge >= 0.3 is 0 Å². The zero-order chi connectivity index (χ0) is 36.5. The summed E-state index contributed by atoms with van der Waals surface area (Å²) in [6.45, 7) is 8.21. The van der Waals surface area contributed by atoms with Crippen LogP contribution in [0.2, 0.25) is 0 Å². The second-order valence-corrected chi connectivity index (χ2v) is 12.9. The molecule has 0 amide bonds. The molecule has 52 heavy (non-hydrogen) atoms. The maximum absolute atomic E-state index is 9.82. The van der Waals surface area contributed by atoms with E-state index in [1.165, 1.54) is 6.07 Å². The SMILES string of the molecule is Cc1cc(-c2nc(-c3ccc(-c4cc(C(O)O)cc(C(O)O)c4)cc3)nc(-c3cc(C)c(-c4ccccn4)cc3C)n2)c(C)cc1-c1ccccn1. The van der Waals surface area contributed by atoms with Gasteiger partial charge in [-0.15, -0.1) is 0 Å². The fourth-order valence-electron chi connectivity index (χ4n) is 6.41. The van der Waals surface area contributed by atoms with Gasteiger partial charge in [-0.1, -0.05) is 36.4 Å². The average molecular weight is 688 g/mol. The smallest absolute Gasteiger partial charge is 0.178 e. The minimum Gasteiger partial charge on any atom is -0.364 e. The molecule has 0 fully saturated rings. The van der Waals surface area contributed by atoms with Gasteiger partial charge in [0.05, 0.1) is 11.4 Å². The van der Waals surface area contributed by atoms with Crippen LogP contribution in [0.25, 0.3) is 67.8 Å². The number of hydrogen-bond donors (Lipinski definition) is 4. The second-order valence-electron chi connectivity index (χ2n) is 12.9. The lowest BCUT2D eigenvalue weighted by Gasteiger charge is -2.15. The first kappa shape index (κ1) is 34.5. The summed E-state index contributed by atoms with van der Waals surface area (Å²) in [5.41, 5.74) is 12.1. The topological polar surface area (TPSA) is 145 Å². The molecule has 0 saturated carbocycles. The Hall–Kier alpha value is -5.97. The van der Waals surface area contributed by atoms with E-state index < -0.39 is 12.6 Å². The van der Waals surface area contributed by atoms with Gasteiger partial charge in [0, 0.05) is 51.3 Å². The van der Waals surface area contributed by atoms with Crippen LogP contribution in [0.4, 0.5) is 0 Å². The number of aromatic nitrogens is 5. The molecule has 3 aromatic heterocycles. The highest BCUT2D eigenvalue weighted by atomic mass is 16.5. The molecular weight excluding hydrogens is 651 g/mol. The van der Waals surface area contributed by atoms with Crippen molar-refractivity contribution in [2.75, 3.05) is 0 Å². The fraction of sp³-hybridized carbons (Fsp3) is 0.140.